The Kier molecular flexibility index (Phi) is 8.59. The van der Waals surface area contributed by atoms with Gasteiger partial charge in [-0.2, -0.15) is 12.7 Å². The summed E-state index contributed by atoms with van der Waals surface area (Å²) >= 11 is 0. The SMILES string of the molecule is C=N/C1=C(/N)N(C)S(=O)(=O)N(C)CCNCCOCCOc2ccccc2NC1=O. The Labute approximate surface area is 176 Å². The fourth-order valence-corrected chi connectivity index (χ4v) is 3.64. The zero-order chi connectivity index (χ0) is 22.1. The second-order valence-corrected chi connectivity index (χ2v) is 8.42. The van der Waals surface area contributed by atoms with E-state index in [0.29, 0.717) is 44.3 Å². The average Bonchev–Trinajstić information content (AvgIpc) is 2.72. The first-order valence-electron chi connectivity index (χ1n) is 9.27. The molecule has 0 saturated heterocycles. The highest BCUT2D eigenvalue weighted by Gasteiger charge is 2.28. The molecule has 1 aliphatic rings. The monoisotopic (exact) mass is 440 g/mol. The molecule has 4 N–H and O–H groups in total. The molecule has 0 aromatic heterocycles. The van der Waals surface area contributed by atoms with Crippen LogP contribution in [0.25, 0.3) is 0 Å². The zero-order valence-electron chi connectivity index (χ0n) is 17.1. The number of rotatable bonds is 1. The molecule has 166 valence electrons. The van der Waals surface area contributed by atoms with Crippen LogP contribution in [0, 0.1) is 0 Å². The van der Waals surface area contributed by atoms with E-state index in [9.17, 15) is 13.2 Å². The topological polar surface area (TPSA) is 139 Å². The van der Waals surface area contributed by atoms with Gasteiger partial charge in [0, 0.05) is 33.7 Å². The number of fused-ring (bicyclic) bond motifs is 1. The summed E-state index contributed by atoms with van der Waals surface area (Å²) in [5.74, 6) is -0.645. The number of nitrogens with zero attached hydrogens (tertiary/aromatic N) is 3. The molecule has 1 aromatic rings. The van der Waals surface area contributed by atoms with Crippen molar-refractivity contribution < 1.29 is 22.7 Å². The van der Waals surface area contributed by atoms with Crippen molar-refractivity contribution >= 4 is 28.5 Å². The van der Waals surface area contributed by atoms with Gasteiger partial charge in [-0.1, -0.05) is 12.1 Å². The van der Waals surface area contributed by atoms with Crippen LogP contribution in [0.5, 0.6) is 5.75 Å². The number of nitrogens with one attached hydrogen (secondary N) is 2. The molecule has 0 unspecified atom stereocenters. The molecule has 0 aliphatic carbocycles. The molecule has 30 heavy (non-hydrogen) atoms. The van der Waals surface area contributed by atoms with E-state index in [2.05, 4.69) is 22.3 Å². The summed E-state index contributed by atoms with van der Waals surface area (Å²) in [4.78, 5) is 16.4. The van der Waals surface area contributed by atoms with Crippen LogP contribution in [-0.4, -0.2) is 83.2 Å². The van der Waals surface area contributed by atoms with Gasteiger partial charge in [-0.3, -0.25) is 9.79 Å². The highest BCUT2D eigenvalue weighted by atomic mass is 32.2. The van der Waals surface area contributed by atoms with Gasteiger partial charge in [-0.05, 0) is 18.9 Å². The summed E-state index contributed by atoms with van der Waals surface area (Å²) in [7, 11) is -1.31. The summed E-state index contributed by atoms with van der Waals surface area (Å²) in [5.41, 5.74) is 6.02. The third-order valence-corrected chi connectivity index (χ3v) is 6.20. The highest BCUT2D eigenvalue weighted by molar-refractivity contribution is 7.86. The summed E-state index contributed by atoms with van der Waals surface area (Å²) in [6.45, 7) is 5.61. The molecule has 1 amide bonds. The molecule has 0 radical (unpaired) electrons. The number of carbonyl (C=O) groups excluding carboxylic acids is 1. The van der Waals surface area contributed by atoms with Crippen molar-refractivity contribution in [1.82, 2.24) is 13.9 Å². The molecule has 0 saturated carbocycles. The van der Waals surface area contributed by atoms with E-state index in [1.165, 1.54) is 14.1 Å². The van der Waals surface area contributed by atoms with Crippen molar-refractivity contribution in [1.29, 1.82) is 0 Å². The number of anilines is 1. The quantitative estimate of drug-likeness (QED) is 0.503. The lowest BCUT2D eigenvalue weighted by Crippen LogP contribution is -2.44. The molecule has 0 fully saturated rings. The van der Waals surface area contributed by atoms with Gasteiger partial charge in [0.1, 0.15) is 18.2 Å². The second kappa shape index (κ2) is 10.9. The Balaban J connectivity index is 2.37. The van der Waals surface area contributed by atoms with Gasteiger partial charge in [0.15, 0.2) is 5.70 Å². The van der Waals surface area contributed by atoms with Crippen LogP contribution in [0.1, 0.15) is 0 Å². The van der Waals surface area contributed by atoms with Gasteiger partial charge in [0.05, 0.1) is 18.9 Å². The first-order chi connectivity index (χ1) is 14.3. The van der Waals surface area contributed by atoms with E-state index in [1.807, 2.05) is 0 Å². The number of carbonyl (C=O) groups is 1. The Morgan fingerprint density at radius 3 is 2.63 bits per heavy atom. The van der Waals surface area contributed by atoms with Crippen LogP contribution in [0.2, 0.25) is 0 Å². The van der Waals surface area contributed by atoms with E-state index < -0.39 is 16.1 Å². The number of aliphatic imine (C=N–C) groups is 1. The summed E-state index contributed by atoms with van der Waals surface area (Å²) in [6, 6.07) is 6.81. The maximum atomic E-state index is 12.8. The Morgan fingerprint density at radius 2 is 1.90 bits per heavy atom. The van der Waals surface area contributed by atoms with Crippen molar-refractivity contribution in [3.63, 3.8) is 0 Å². The highest BCUT2D eigenvalue weighted by Crippen LogP contribution is 2.25. The Bertz CT molecular complexity index is 889. The van der Waals surface area contributed by atoms with Gasteiger partial charge < -0.3 is 25.8 Å². The first kappa shape index (κ1) is 23.6. The summed E-state index contributed by atoms with van der Waals surface area (Å²) < 4.78 is 38.6. The molecule has 0 spiro atoms. The molecule has 1 aliphatic heterocycles. The van der Waals surface area contributed by atoms with Gasteiger partial charge in [-0.25, -0.2) is 4.31 Å². The standard InChI is InChI=1S/C18H28N6O5S/c1-20-16-17(19)24(3)30(26,27)23(2)10-8-21-9-11-28-12-13-29-15-7-5-4-6-14(15)22-18(16)25/h4-7,21H,1,8-13,19H2,2-3H3,(H,22,25)/b17-16-. The van der Waals surface area contributed by atoms with Gasteiger partial charge in [0.2, 0.25) is 0 Å². The van der Waals surface area contributed by atoms with Crippen molar-refractivity contribution in [3.05, 3.63) is 35.8 Å². The Morgan fingerprint density at radius 1 is 1.17 bits per heavy atom. The van der Waals surface area contributed by atoms with E-state index in [0.717, 1.165) is 8.61 Å². The average molecular weight is 441 g/mol. The number of likely N-dealkylation sites (N-methyl/N-ethyl adjacent to an activating group) is 1. The lowest BCUT2D eigenvalue weighted by atomic mass is 10.2. The molecule has 2 rings (SSSR count). The van der Waals surface area contributed by atoms with Crippen LogP contribution in [0.15, 0.2) is 40.8 Å². The van der Waals surface area contributed by atoms with Crippen molar-refractivity contribution in [2.24, 2.45) is 10.7 Å². The zero-order valence-corrected chi connectivity index (χ0v) is 17.9. The van der Waals surface area contributed by atoms with Crippen LogP contribution >= 0.6 is 0 Å². The maximum Gasteiger partial charge on any atom is 0.304 e. The molecule has 1 aromatic carbocycles. The minimum atomic E-state index is -3.97. The summed E-state index contributed by atoms with van der Waals surface area (Å²) in [5, 5.41) is 5.73. The lowest BCUT2D eigenvalue weighted by molar-refractivity contribution is -0.113. The minimum Gasteiger partial charge on any atom is -0.489 e. The number of hydrogen-bond acceptors (Lipinski definition) is 8. The molecule has 0 atom stereocenters. The van der Waals surface area contributed by atoms with Crippen molar-refractivity contribution in [2.75, 3.05) is 58.9 Å². The van der Waals surface area contributed by atoms with Crippen molar-refractivity contribution in [3.8, 4) is 5.75 Å². The molecule has 0 bridgehead atoms. The van der Waals surface area contributed by atoms with E-state index in [-0.39, 0.29) is 18.1 Å². The van der Waals surface area contributed by atoms with Gasteiger partial charge >= 0.3 is 10.2 Å². The smallest absolute Gasteiger partial charge is 0.304 e. The molecule has 11 nitrogen and oxygen atoms in total. The third kappa shape index (κ3) is 5.92. The molecule has 12 heteroatoms. The van der Waals surface area contributed by atoms with Crippen LogP contribution in [0.4, 0.5) is 5.69 Å². The van der Waals surface area contributed by atoms with E-state index >= 15 is 0 Å². The number of nitrogens with two attached hydrogens (primary N) is 1. The molecular weight excluding hydrogens is 412 g/mol. The van der Waals surface area contributed by atoms with E-state index in [1.54, 1.807) is 24.3 Å². The fourth-order valence-electron chi connectivity index (χ4n) is 2.56. The maximum absolute atomic E-state index is 12.8. The predicted molar refractivity (Wildman–Crippen MR) is 114 cm³/mol. The molecule has 1 heterocycles. The minimum absolute atomic E-state index is 0.194. The largest absolute Gasteiger partial charge is 0.489 e. The lowest BCUT2D eigenvalue weighted by Gasteiger charge is -2.26. The van der Waals surface area contributed by atoms with Crippen LogP contribution in [0.3, 0.4) is 0 Å². The van der Waals surface area contributed by atoms with E-state index in [4.69, 9.17) is 15.2 Å². The van der Waals surface area contributed by atoms with Gasteiger partial charge in [0.25, 0.3) is 5.91 Å². The number of ether oxygens (including phenoxy) is 2. The van der Waals surface area contributed by atoms with Crippen molar-refractivity contribution in [2.45, 2.75) is 0 Å². The number of hydrogen-bond donors (Lipinski definition) is 3. The molecular formula is C18H28N6O5S. The summed E-state index contributed by atoms with van der Waals surface area (Å²) in [6.07, 6.45) is 0. The number of benzene rings is 1. The number of amides is 1. The third-order valence-electron chi connectivity index (χ3n) is 4.34. The first-order valence-corrected chi connectivity index (χ1v) is 10.7. The normalized spacial score (nSPS) is 22.7. The van der Waals surface area contributed by atoms with Crippen LogP contribution < -0.4 is 21.1 Å². The fraction of sp³-hybridized carbons (Fsp3) is 0.444. The predicted octanol–water partition coefficient (Wildman–Crippen LogP) is -0.439. The second-order valence-electron chi connectivity index (χ2n) is 6.35. The number of para-hydroxylation sites is 2. The Hall–Kier alpha value is -2.67. The van der Waals surface area contributed by atoms with Crippen LogP contribution in [-0.2, 0) is 19.7 Å². The van der Waals surface area contributed by atoms with Gasteiger partial charge in [-0.15, -0.1) is 0 Å².